The number of anilines is 1. The minimum atomic E-state index is -0.643. The van der Waals surface area contributed by atoms with Crippen LogP contribution in [0, 0.1) is 13.8 Å². The first-order valence-corrected chi connectivity index (χ1v) is 13.5. The molecule has 8 nitrogen and oxygen atoms in total. The van der Waals surface area contributed by atoms with E-state index >= 15 is 0 Å². The molecule has 39 heavy (non-hydrogen) atoms. The van der Waals surface area contributed by atoms with Crippen LogP contribution in [0.1, 0.15) is 11.1 Å². The minimum absolute atomic E-state index is 0.00245. The van der Waals surface area contributed by atoms with E-state index in [9.17, 15) is 9.90 Å². The number of nitrogens with one attached hydrogen (secondary N) is 1. The van der Waals surface area contributed by atoms with Crippen molar-refractivity contribution in [3.63, 3.8) is 0 Å². The predicted molar refractivity (Wildman–Crippen MR) is 153 cm³/mol. The van der Waals surface area contributed by atoms with Crippen LogP contribution in [0.3, 0.4) is 0 Å². The molecule has 1 amide bonds. The van der Waals surface area contributed by atoms with Gasteiger partial charge in [-0.15, -0.1) is 0 Å². The van der Waals surface area contributed by atoms with E-state index in [1.54, 1.807) is 24.3 Å². The molecule has 9 heteroatoms. The Kier molecular flexibility index (Phi) is 8.47. The number of para-hydroxylation sites is 1. The lowest BCUT2D eigenvalue weighted by atomic mass is 10.1. The first-order valence-electron chi connectivity index (χ1n) is 13.1. The van der Waals surface area contributed by atoms with Crippen molar-refractivity contribution in [1.29, 1.82) is 0 Å². The number of halogens is 1. The Morgan fingerprint density at radius 2 is 1.77 bits per heavy atom. The second-order valence-electron chi connectivity index (χ2n) is 9.98. The summed E-state index contributed by atoms with van der Waals surface area (Å²) in [6.07, 6.45) is -0.643. The molecular formula is C30H33ClN4O4. The number of β-amino-alcohol motifs (C(OH)–C–C–N with tert-alkyl or cyclic N) is 1. The highest BCUT2D eigenvalue weighted by molar-refractivity contribution is 6.33. The van der Waals surface area contributed by atoms with Gasteiger partial charge in [-0.05, 0) is 49.2 Å². The number of benzene rings is 3. The third-order valence-electron chi connectivity index (χ3n) is 6.95. The first kappa shape index (κ1) is 27.1. The van der Waals surface area contributed by atoms with E-state index in [4.69, 9.17) is 20.8 Å². The fourth-order valence-electron chi connectivity index (χ4n) is 4.81. The van der Waals surface area contributed by atoms with Crippen molar-refractivity contribution < 1.29 is 19.1 Å². The molecule has 2 heterocycles. The van der Waals surface area contributed by atoms with Gasteiger partial charge < -0.3 is 19.6 Å². The van der Waals surface area contributed by atoms with Crippen LogP contribution in [0.4, 0.5) is 5.69 Å². The van der Waals surface area contributed by atoms with Gasteiger partial charge in [-0.2, -0.15) is 0 Å². The van der Waals surface area contributed by atoms with Crippen LogP contribution in [0.5, 0.6) is 5.75 Å². The number of amides is 1. The summed E-state index contributed by atoms with van der Waals surface area (Å²) >= 11 is 6.28. The lowest BCUT2D eigenvalue weighted by Gasteiger charge is -2.35. The molecule has 1 aromatic heterocycles. The summed E-state index contributed by atoms with van der Waals surface area (Å²) in [6, 6.07) is 18.8. The van der Waals surface area contributed by atoms with Crippen molar-refractivity contribution in [3.05, 3.63) is 76.8 Å². The van der Waals surface area contributed by atoms with Crippen LogP contribution in [-0.4, -0.2) is 77.8 Å². The number of carbonyl (C=O) groups is 1. The highest BCUT2D eigenvalue weighted by Gasteiger charge is 2.22. The molecule has 0 bridgehead atoms. The summed E-state index contributed by atoms with van der Waals surface area (Å²) in [5.74, 6) is 1.06. The standard InChI is InChI=1S/C30H33ClN4O4/c1-20-6-5-7-21(2)29(20)33-28(37)18-35-14-12-34(13-15-35)17-22(36)19-38-23-10-11-27-26(16-23)32-30(39-27)24-8-3-4-9-25(24)31/h3-11,16,22,36H,12-15,17-19H2,1-2H3,(H,33,37). The van der Waals surface area contributed by atoms with Crippen LogP contribution in [0.2, 0.25) is 5.02 Å². The van der Waals surface area contributed by atoms with Gasteiger partial charge in [-0.1, -0.05) is 41.9 Å². The monoisotopic (exact) mass is 548 g/mol. The molecule has 2 N–H and O–H groups in total. The maximum atomic E-state index is 12.6. The van der Waals surface area contributed by atoms with E-state index in [2.05, 4.69) is 20.1 Å². The molecule has 1 aliphatic heterocycles. The maximum absolute atomic E-state index is 12.6. The molecule has 1 aliphatic rings. The maximum Gasteiger partial charge on any atom is 0.238 e. The zero-order valence-electron chi connectivity index (χ0n) is 22.2. The zero-order chi connectivity index (χ0) is 27.4. The van der Waals surface area contributed by atoms with Gasteiger partial charge in [-0.25, -0.2) is 4.98 Å². The molecule has 1 unspecified atom stereocenters. The van der Waals surface area contributed by atoms with E-state index < -0.39 is 6.10 Å². The van der Waals surface area contributed by atoms with E-state index in [1.165, 1.54) is 0 Å². The number of ether oxygens (including phenoxy) is 1. The Hall–Kier alpha value is -3.43. The predicted octanol–water partition coefficient (Wildman–Crippen LogP) is 4.76. The molecule has 0 saturated carbocycles. The van der Waals surface area contributed by atoms with Crippen LogP contribution < -0.4 is 10.1 Å². The number of nitrogens with zero attached hydrogens (tertiary/aromatic N) is 3. The number of aryl methyl sites for hydroxylation is 2. The molecule has 0 spiro atoms. The highest BCUT2D eigenvalue weighted by Crippen LogP contribution is 2.31. The Balaban J connectivity index is 1.07. The lowest BCUT2D eigenvalue weighted by Crippen LogP contribution is -2.50. The summed E-state index contributed by atoms with van der Waals surface area (Å²) < 4.78 is 11.7. The Morgan fingerprint density at radius 3 is 2.51 bits per heavy atom. The van der Waals surface area contributed by atoms with Gasteiger partial charge in [0.2, 0.25) is 11.8 Å². The minimum Gasteiger partial charge on any atom is -0.491 e. The number of piperazine rings is 1. The van der Waals surface area contributed by atoms with Gasteiger partial charge >= 0.3 is 0 Å². The number of hydrogen-bond acceptors (Lipinski definition) is 7. The molecule has 204 valence electrons. The summed E-state index contributed by atoms with van der Waals surface area (Å²) in [4.78, 5) is 21.5. The van der Waals surface area contributed by atoms with Crippen LogP contribution in [-0.2, 0) is 4.79 Å². The number of oxazole rings is 1. The highest BCUT2D eigenvalue weighted by atomic mass is 35.5. The molecule has 0 aliphatic carbocycles. The molecule has 1 atom stereocenters. The Morgan fingerprint density at radius 1 is 1.05 bits per heavy atom. The number of hydrogen-bond donors (Lipinski definition) is 2. The van der Waals surface area contributed by atoms with Gasteiger partial charge in [0.05, 0.1) is 17.1 Å². The summed E-state index contributed by atoms with van der Waals surface area (Å²) in [5.41, 5.74) is 5.05. The SMILES string of the molecule is Cc1cccc(C)c1NC(=O)CN1CCN(CC(O)COc2ccc3oc(-c4ccccc4Cl)nc3c2)CC1. The number of aliphatic hydroxyl groups is 1. The van der Waals surface area contributed by atoms with Crippen molar-refractivity contribution in [2.45, 2.75) is 20.0 Å². The molecule has 5 rings (SSSR count). The smallest absolute Gasteiger partial charge is 0.238 e. The van der Waals surface area contributed by atoms with Gasteiger partial charge in [0, 0.05) is 44.5 Å². The van der Waals surface area contributed by atoms with E-state index in [0.717, 1.165) is 48.6 Å². The number of rotatable bonds is 9. The molecule has 3 aromatic carbocycles. The molecular weight excluding hydrogens is 516 g/mol. The van der Waals surface area contributed by atoms with E-state index in [0.29, 0.717) is 40.9 Å². The zero-order valence-corrected chi connectivity index (χ0v) is 22.9. The fourth-order valence-corrected chi connectivity index (χ4v) is 5.03. The second-order valence-corrected chi connectivity index (χ2v) is 10.4. The van der Waals surface area contributed by atoms with Gasteiger partial charge in [-0.3, -0.25) is 14.6 Å². The van der Waals surface area contributed by atoms with Crippen molar-refractivity contribution in [3.8, 4) is 17.2 Å². The Labute approximate surface area is 233 Å². The van der Waals surface area contributed by atoms with Crippen LogP contribution in [0.25, 0.3) is 22.6 Å². The molecule has 4 aromatic rings. The van der Waals surface area contributed by atoms with Crippen LogP contribution in [0.15, 0.2) is 65.1 Å². The van der Waals surface area contributed by atoms with E-state index in [-0.39, 0.29) is 12.5 Å². The average Bonchev–Trinajstić information content (AvgIpc) is 3.34. The first-order chi connectivity index (χ1) is 18.9. The third kappa shape index (κ3) is 6.78. The second kappa shape index (κ2) is 12.2. The number of aromatic nitrogens is 1. The average molecular weight is 549 g/mol. The Bertz CT molecular complexity index is 1430. The van der Waals surface area contributed by atoms with Gasteiger partial charge in [0.1, 0.15) is 24.0 Å². The van der Waals surface area contributed by atoms with Crippen molar-refractivity contribution in [2.24, 2.45) is 0 Å². The van der Waals surface area contributed by atoms with Crippen LogP contribution >= 0.6 is 11.6 Å². The number of aliphatic hydroxyl groups excluding tert-OH is 1. The number of carbonyl (C=O) groups excluding carboxylic acids is 1. The number of fused-ring (bicyclic) bond motifs is 1. The van der Waals surface area contributed by atoms with Gasteiger partial charge in [0.25, 0.3) is 0 Å². The largest absolute Gasteiger partial charge is 0.491 e. The van der Waals surface area contributed by atoms with Gasteiger partial charge in [0.15, 0.2) is 5.58 Å². The quantitative estimate of drug-likeness (QED) is 0.311. The van der Waals surface area contributed by atoms with Crippen molar-refractivity contribution in [2.75, 3.05) is 51.2 Å². The van der Waals surface area contributed by atoms with Crippen molar-refractivity contribution >= 4 is 34.3 Å². The molecule has 0 radical (unpaired) electrons. The summed E-state index contributed by atoms with van der Waals surface area (Å²) in [5, 5.41) is 14.2. The summed E-state index contributed by atoms with van der Waals surface area (Å²) in [7, 11) is 0. The molecule has 1 saturated heterocycles. The normalized spacial score (nSPS) is 15.4. The van der Waals surface area contributed by atoms with E-state index in [1.807, 2.05) is 50.2 Å². The fraction of sp³-hybridized carbons (Fsp3) is 0.333. The summed E-state index contributed by atoms with van der Waals surface area (Å²) in [6.45, 7) is 8.13. The third-order valence-corrected chi connectivity index (χ3v) is 7.28. The topological polar surface area (TPSA) is 91.1 Å². The molecule has 1 fully saturated rings. The van der Waals surface area contributed by atoms with Crippen molar-refractivity contribution in [1.82, 2.24) is 14.8 Å². The lowest BCUT2D eigenvalue weighted by molar-refractivity contribution is -0.117.